The zero-order valence-corrected chi connectivity index (χ0v) is 10.7. The second-order valence-electron chi connectivity index (χ2n) is 3.99. The van der Waals surface area contributed by atoms with E-state index in [9.17, 15) is 13.2 Å². The van der Waals surface area contributed by atoms with E-state index >= 15 is 0 Å². The average molecular weight is 265 g/mol. The number of aryl methyl sites for hydroxylation is 1. The second-order valence-corrected chi connectivity index (χ2v) is 3.99. The number of nitrogens with zero attached hydrogens (tertiary/aromatic N) is 2. The predicted octanol–water partition coefficient (Wildman–Crippen LogP) is 2.42. The minimum Gasteiger partial charge on any atom is -0.493 e. The van der Waals surface area contributed by atoms with Crippen molar-refractivity contribution >= 4 is 0 Å². The maximum atomic E-state index is 12.3. The molecule has 1 aromatic rings. The van der Waals surface area contributed by atoms with Crippen molar-refractivity contribution in [3.05, 3.63) is 11.9 Å². The third kappa shape index (κ3) is 3.90. The number of hydrogen-bond donors (Lipinski definition) is 1. The first kappa shape index (κ1) is 14.8. The van der Waals surface area contributed by atoms with Crippen molar-refractivity contribution in [2.24, 2.45) is 7.05 Å². The molecule has 1 unspecified atom stereocenters. The monoisotopic (exact) mass is 265 g/mol. The van der Waals surface area contributed by atoms with E-state index in [0.717, 1.165) is 0 Å². The Hall–Kier alpha value is -1.24. The van der Waals surface area contributed by atoms with Gasteiger partial charge in [0, 0.05) is 13.5 Å². The van der Waals surface area contributed by atoms with E-state index in [2.05, 4.69) is 10.4 Å². The van der Waals surface area contributed by atoms with Gasteiger partial charge in [0.15, 0.2) is 5.75 Å². The number of rotatable bonds is 6. The summed E-state index contributed by atoms with van der Waals surface area (Å²) in [5.41, 5.74) is 0.642. The van der Waals surface area contributed by atoms with Gasteiger partial charge in [-0.1, -0.05) is 6.92 Å². The Bertz CT molecular complexity index is 376. The van der Waals surface area contributed by atoms with E-state index in [0.29, 0.717) is 18.0 Å². The fourth-order valence-corrected chi connectivity index (χ4v) is 1.87. The molecule has 18 heavy (non-hydrogen) atoms. The molecule has 0 radical (unpaired) electrons. The summed E-state index contributed by atoms with van der Waals surface area (Å²) >= 11 is 0. The Morgan fingerprint density at radius 3 is 2.67 bits per heavy atom. The van der Waals surface area contributed by atoms with Crippen LogP contribution >= 0.6 is 0 Å². The van der Waals surface area contributed by atoms with Crippen LogP contribution in [0.25, 0.3) is 0 Å². The van der Waals surface area contributed by atoms with Crippen molar-refractivity contribution < 1.29 is 17.9 Å². The van der Waals surface area contributed by atoms with Crippen LogP contribution in [-0.2, 0) is 7.05 Å². The highest BCUT2D eigenvalue weighted by molar-refractivity contribution is 5.28. The lowest BCUT2D eigenvalue weighted by Crippen LogP contribution is -2.25. The highest BCUT2D eigenvalue weighted by Crippen LogP contribution is 2.31. The molecule has 1 aromatic heterocycles. The molecule has 0 amide bonds. The Morgan fingerprint density at radius 2 is 2.17 bits per heavy atom. The van der Waals surface area contributed by atoms with Crippen molar-refractivity contribution in [1.82, 2.24) is 15.1 Å². The van der Waals surface area contributed by atoms with Crippen LogP contribution < -0.4 is 10.1 Å². The quantitative estimate of drug-likeness (QED) is 0.858. The van der Waals surface area contributed by atoms with Crippen LogP contribution in [0.1, 0.15) is 31.5 Å². The van der Waals surface area contributed by atoms with Gasteiger partial charge in [0.25, 0.3) is 0 Å². The molecule has 0 saturated heterocycles. The van der Waals surface area contributed by atoms with E-state index < -0.39 is 18.6 Å². The fourth-order valence-electron chi connectivity index (χ4n) is 1.87. The molecule has 4 nitrogen and oxygen atoms in total. The second kappa shape index (κ2) is 6.08. The number of alkyl halides is 3. The molecule has 0 aliphatic carbocycles. The molecular weight excluding hydrogens is 247 g/mol. The molecule has 1 atom stereocenters. The molecular formula is C11H18F3N3O. The standard InChI is InChI=1S/C11H18F3N3O/c1-4-15-8(5-6-11(12,13)14)10-9(18-3)7-16-17(10)2/h7-8,15H,4-6H2,1-3H3. The van der Waals surface area contributed by atoms with Gasteiger partial charge in [-0.05, 0) is 13.0 Å². The van der Waals surface area contributed by atoms with Gasteiger partial charge in [-0.2, -0.15) is 18.3 Å². The van der Waals surface area contributed by atoms with E-state index in [-0.39, 0.29) is 6.42 Å². The molecule has 0 fully saturated rings. The van der Waals surface area contributed by atoms with Crippen LogP contribution in [0.2, 0.25) is 0 Å². The Labute approximate surface area is 104 Å². The molecule has 1 heterocycles. The molecule has 0 aliphatic heterocycles. The Morgan fingerprint density at radius 1 is 1.50 bits per heavy atom. The van der Waals surface area contributed by atoms with Crippen LogP contribution in [0.3, 0.4) is 0 Å². The molecule has 0 spiro atoms. The highest BCUT2D eigenvalue weighted by atomic mass is 19.4. The van der Waals surface area contributed by atoms with Crippen LogP contribution in [0.5, 0.6) is 5.75 Å². The number of aromatic nitrogens is 2. The minimum atomic E-state index is -4.15. The van der Waals surface area contributed by atoms with Crippen molar-refractivity contribution in [1.29, 1.82) is 0 Å². The van der Waals surface area contributed by atoms with Gasteiger partial charge in [-0.15, -0.1) is 0 Å². The van der Waals surface area contributed by atoms with Crippen LogP contribution in [0.15, 0.2) is 6.20 Å². The first-order valence-electron chi connectivity index (χ1n) is 5.75. The topological polar surface area (TPSA) is 39.1 Å². The summed E-state index contributed by atoms with van der Waals surface area (Å²) < 4.78 is 43.6. The minimum absolute atomic E-state index is 0.0345. The molecule has 1 rings (SSSR count). The lowest BCUT2D eigenvalue weighted by Gasteiger charge is -2.20. The number of hydrogen-bond acceptors (Lipinski definition) is 3. The van der Waals surface area contributed by atoms with Gasteiger partial charge in [0.2, 0.25) is 0 Å². The first-order valence-corrected chi connectivity index (χ1v) is 5.75. The van der Waals surface area contributed by atoms with E-state index in [1.807, 2.05) is 6.92 Å². The third-order valence-electron chi connectivity index (χ3n) is 2.67. The van der Waals surface area contributed by atoms with Crippen LogP contribution in [0, 0.1) is 0 Å². The summed E-state index contributed by atoms with van der Waals surface area (Å²) in [6.07, 6.45) is -3.51. The lowest BCUT2D eigenvalue weighted by molar-refractivity contribution is -0.136. The third-order valence-corrected chi connectivity index (χ3v) is 2.67. The van der Waals surface area contributed by atoms with Gasteiger partial charge in [0.1, 0.15) is 0 Å². The number of methoxy groups -OCH3 is 1. The van der Waals surface area contributed by atoms with Gasteiger partial charge in [-0.25, -0.2) is 0 Å². The summed E-state index contributed by atoms with van der Waals surface area (Å²) in [5.74, 6) is 0.505. The summed E-state index contributed by atoms with van der Waals surface area (Å²) in [6.45, 7) is 2.43. The molecule has 0 bridgehead atoms. The molecule has 0 aliphatic rings. The lowest BCUT2D eigenvalue weighted by atomic mass is 10.1. The fraction of sp³-hybridized carbons (Fsp3) is 0.727. The van der Waals surface area contributed by atoms with Crippen LogP contribution in [-0.4, -0.2) is 29.6 Å². The highest BCUT2D eigenvalue weighted by Gasteiger charge is 2.30. The Kier molecular flexibility index (Phi) is 5.01. The largest absolute Gasteiger partial charge is 0.493 e. The van der Waals surface area contributed by atoms with E-state index in [4.69, 9.17) is 4.74 Å². The zero-order valence-electron chi connectivity index (χ0n) is 10.7. The number of nitrogens with one attached hydrogen (secondary N) is 1. The van der Waals surface area contributed by atoms with Gasteiger partial charge >= 0.3 is 6.18 Å². The number of ether oxygens (including phenoxy) is 1. The summed E-state index contributed by atoms with van der Waals surface area (Å²) in [6, 6.07) is -0.418. The van der Waals surface area contributed by atoms with Gasteiger partial charge in [-0.3, -0.25) is 4.68 Å². The first-order chi connectivity index (χ1) is 8.39. The van der Waals surface area contributed by atoms with Crippen molar-refractivity contribution in [3.63, 3.8) is 0 Å². The predicted molar refractivity (Wildman–Crippen MR) is 61.5 cm³/mol. The number of halogens is 3. The summed E-state index contributed by atoms with van der Waals surface area (Å²) in [7, 11) is 3.17. The van der Waals surface area contributed by atoms with Gasteiger partial charge in [0.05, 0.1) is 25.0 Å². The van der Waals surface area contributed by atoms with E-state index in [1.165, 1.54) is 13.3 Å². The van der Waals surface area contributed by atoms with Crippen molar-refractivity contribution in [2.45, 2.75) is 32.0 Å². The summed E-state index contributed by atoms with van der Waals surface area (Å²) in [4.78, 5) is 0. The Balaban J connectivity index is 2.86. The molecule has 104 valence electrons. The smallest absolute Gasteiger partial charge is 0.389 e. The van der Waals surface area contributed by atoms with Crippen molar-refractivity contribution in [3.8, 4) is 5.75 Å². The zero-order chi connectivity index (χ0) is 13.8. The molecule has 1 N–H and O–H groups in total. The van der Waals surface area contributed by atoms with Crippen molar-refractivity contribution in [2.75, 3.05) is 13.7 Å². The van der Waals surface area contributed by atoms with Gasteiger partial charge < -0.3 is 10.1 Å². The SMILES string of the molecule is CCNC(CCC(F)(F)F)c1c(OC)cnn1C. The molecule has 0 aromatic carbocycles. The maximum absolute atomic E-state index is 12.3. The normalized spacial score (nSPS) is 13.7. The molecule has 7 heteroatoms. The van der Waals surface area contributed by atoms with Crippen LogP contribution in [0.4, 0.5) is 13.2 Å². The molecule has 0 saturated carbocycles. The maximum Gasteiger partial charge on any atom is 0.389 e. The summed E-state index contributed by atoms with van der Waals surface area (Å²) in [5, 5.41) is 7.04. The van der Waals surface area contributed by atoms with E-state index in [1.54, 1.807) is 11.7 Å². The average Bonchev–Trinajstić information content (AvgIpc) is 2.64.